The lowest BCUT2D eigenvalue weighted by atomic mass is 10.1. The van der Waals surface area contributed by atoms with Crippen LogP contribution in [0.5, 0.6) is 5.75 Å². The van der Waals surface area contributed by atoms with E-state index in [4.69, 9.17) is 4.74 Å². The molecule has 0 radical (unpaired) electrons. The molecule has 26 heavy (non-hydrogen) atoms. The van der Waals surface area contributed by atoms with E-state index in [0.29, 0.717) is 0 Å². The zero-order valence-corrected chi connectivity index (χ0v) is 17.6. The van der Waals surface area contributed by atoms with E-state index in [-0.39, 0.29) is 0 Å². The van der Waals surface area contributed by atoms with Gasteiger partial charge < -0.3 is 4.74 Å². The van der Waals surface area contributed by atoms with Crippen LogP contribution in [0.2, 0.25) is 0 Å². The van der Waals surface area contributed by atoms with Gasteiger partial charge in [0.25, 0.3) is 0 Å². The van der Waals surface area contributed by atoms with Gasteiger partial charge >= 0.3 is 0 Å². The summed E-state index contributed by atoms with van der Waals surface area (Å²) < 4.78 is 5.69. The van der Waals surface area contributed by atoms with Crippen molar-refractivity contribution in [1.29, 1.82) is 0 Å². The van der Waals surface area contributed by atoms with Crippen molar-refractivity contribution >= 4 is 23.5 Å². The molecule has 0 atom stereocenters. The molecule has 1 nitrogen and oxygen atoms in total. The molecule has 3 rings (SSSR count). The summed E-state index contributed by atoms with van der Waals surface area (Å²) in [6.07, 6.45) is 0. The van der Waals surface area contributed by atoms with Crippen molar-refractivity contribution in [2.45, 2.75) is 47.3 Å². The molecule has 0 heterocycles. The van der Waals surface area contributed by atoms with Gasteiger partial charge in [0.1, 0.15) is 5.75 Å². The molecular formula is C23H24OS2. The van der Waals surface area contributed by atoms with Gasteiger partial charge in [0, 0.05) is 14.7 Å². The maximum atomic E-state index is 5.69. The van der Waals surface area contributed by atoms with Crippen LogP contribution in [0, 0.1) is 27.7 Å². The molecule has 0 amide bonds. The first kappa shape index (κ1) is 18.9. The van der Waals surface area contributed by atoms with Crippen molar-refractivity contribution in [3.63, 3.8) is 0 Å². The quantitative estimate of drug-likeness (QED) is 0.462. The van der Waals surface area contributed by atoms with Crippen LogP contribution < -0.4 is 4.74 Å². The third-order valence-electron chi connectivity index (χ3n) is 4.31. The van der Waals surface area contributed by atoms with Crippen molar-refractivity contribution in [2.75, 3.05) is 7.11 Å². The minimum absolute atomic E-state index is 0.943. The predicted octanol–water partition coefficient (Wildman–Crippen LogP) is 7.23. The van der Waals surface area contributed by atoms with Gasteiger partial charge in [-0.05, 0) is 69.2 Å². The first-order valence-electron chi connectivity index (χ1n) is 8.65. The summed E-state index contributed by atoms with van der Waals surface area (Å²) in [6, 6.07) is 19.5. The molecule has 0 unspecified atom stereocenters. The zero-order valence-electron chi connectivity index (χ0n) is 15.9. The van der Waals surface area contributed by atoms with E-state index in [0.717, 1.165) is 5.75 Å². The fraction of sp³-hybridized carbons (Fsp3) is 0.217. The molecule has 0 saturated carbocycles. The van der Waals surface area contributed by atoms with Gasteiger partial charge in [0.2, 0.25) is 0 Å². The van der Waals surface area contributed by atoms with Crippen molar-refractivity contribution in [3.05, 3.63) is 76.9 Å². The van der Waals surface area contributed by atoms with Crippen molar-refractivity contribution < 1.29 is 4.74 Å². The molecular weight excluding hydrogens is 356 g/mol. The first-order valence-corrected chi connectivity index (χ1v) is 10.3. The minimum Gasteiger partial charge on any atom is -0.496 e. The Labute approximate surface area is 165 Å². The van der Waals surface area contributed by atoms with E-state index >= 15 is 0 Å². The summed E-state index contributed by atoms with van der Waals surface area (Å²) in [5.41, 5.74) is 5.09. The molecule has 0 aliphatic carbocycles. The number of benzene rings is 3. The van der Waals surface area contributed by atoms with E-state index in [9.17, 15) is 0 Å². The van der Waals surface area contributed by atoms with Gasteiger partial charge in [-0.15, -0.1) is 0 Å². The van der Waals surface area contributed by atoms with Gasteiger partial charge in [0.15, 0.2) is 0 Å². The minimum atomic E-state index is 0.943. The smallest absolute Gasteiger partial charge is 0.133 e. The number of hydrogen-bond acceptors (Lipinski definition) is 3. The lowest BCUT2D eigenvalue weighted by molar-refractivity contribution is 0.403. The van der Waals surface area contributed by atoms with Gasteiger partial charge in [-0.1, -0.05) is 58.9 Å². The average Bonchev–Trinajstić information content (AvgIpc) is 2.64. The van der Waals surface area contributed by atoms with Crippen molar-refractivity contribution in [3.8, 4) is 5.75 Å². The Balaban J connectivity index is 2.00. The van der Waals surface area contributed by atoms with Crippen LogP contribution >= 0.6 is 23.5 Å². The highest BCUT2D eigenvalue weighted by molar-refractivity contribution is 8.00. The van der Waals surface area contributed by atoms with Crippen LogP contribution in [0.4, 0.5) is 0 Å². The third kappa shape index (κ3) is 4.28. The van der Waals surface area contributed by atoms with Crippen LogP contribution in [-0.4, -0.2) is 7.11 Å². The van der Waals surface area contributed by atoms with Gasteiger partial charge in [-0.3, -0.25) is 0 Å². The number of aryl methyl sites for hydroxylation is 3. The van der Waals surface area contributed by atoms with Gasteiger partial charge in [-0.25, -0.2) is 0 Å². The fourth-order valence-corrected chi connectivity index (χ4v) is 4.85. The molecule has 0 bridgehead atoms. The first-order chi connectivity index (χ1) is 12.5. The number of ether oxygens (including phenoxy) is 1. The summed E-state index contributed by atoms with van der Waals surface area (Å²) >= 11 is 3.60. The lowest BCUT2D eigenvalue weighted by Gasteiger charge is -2.18. The summed E-state index contributed by atoms with van der Waals surface area (Å²) in [6.45, 7) is 8.59. The summed E-state index contributed by atoms with van der Waals surface area (Å²) in [4.78, 5) is 4.99. The maximum Gasteiger partial charge on any atom is 0.133 e. The third-order valence-corrected chi connectivity index (χ3v) is 6.87. The molecule has 0 N–H and O–H groups in total. The van der Waals surface area contributed by atoms with Crippen molar-refractivity contribution in [2.24, 2.45) is 0 Å². The molecule has 0 fully saturated rings. The van der Waals surface area contributed by atoms with E-state index in [1.165, 1.54) is 41.8 Å². The highest BCUT2D eigenvalue weighted by Gasteiger charge is 2.16. The largest absolute Gasteiger partial charge is 0.496 e. The maximum absolute atomic E-state index is 5.69. The second kappa shape index (κ2) is 8.24. The number of rotatable bonds is 5. The molecule has 3 aromatic carbocycles. The topological polar surface area (TPSA) is 9.23 Å². The van der Waals surface area contributed by atoms with E-state index in [1.54, 1.807) is 18.9 Å². The van der Waals surface area contributed by atoms with E-state index in [2.05, 4.69) is 82.3 Å². The van der Waals surface area contributed by atoms with Crippen LogP contribution in [0.25, 0.3) is 0 Å². The van der Waals surface area contributed by atoms with Crippen LogP contribution in [0.15, 0.2) is 74.2 Å². The second-order valence-corrected chi connectivity index (χ2v) is 8.68. The summed E-state index contributed by atoms with van der Waals surface area (Å²) in [5, 5.41) is 0. The molecule has 3 aromatic rings. The van der Waals surface area contributed by atoms with Crippen LogP contribution in [0.3, 0.4) is 0 Å². The van der Waals surface area contributed by atoms with Gasteiger partial charge in [-0.2, -0.15) is 0 Å². The summed E-state index contributed by atoms with van der Waals surface area (Å²) in [5.74, 6) is 0.943. The van der Waals surface area contributed by atoms with Gasteiger partial charge in [0.05, 0.1) is 12.0 Å². The summed E-state index contributed by atoms with van der Waals surface area (Å²) in [7, 11) is 1.75. The van der Waals surface area contributed by atoms with E-state index in [1.807, 2.05) is 11.8 Å². The Morgan fingerprint density at radius 3 is 1.58 bits per heavy atom. The highest BCUT2D eigenvalue weighted by atomic mass is 32.2. The SMILES string of the molecule is COc1cc(C)c(Sc2ccc(C)cc2)c(C)c1Sc1ccc(C)cc1. The predicted molar refractivity (Wildman–Crippen MR) is 113 cm³/mol. The van der Waals surface area contributed by atoms with E-state index < -0.39 is 0 Å². The zero-order chi connectivity index (χ0) is 18.7. The Bertz CT molecular complexity index is 897. The standard InChI is InChI=1S/C23H24OS2/c1-15-6-10-19(11-7-15)25-22-17(3)14-21(24-5)23(18(22)4)26-20-12-8-16(2)9-13-20/h6-14H,1-5H3. The second-order valence-electron chi connectivity index (χ2n) is 6.51. The van der Waals surface area contributed by atoms with Crippen LogP contribution in [-0.2, 0) is 0 Å². The highest BCUT2D eigenvalue weighted by Crippen LogP contribution is 2.44. The molecule has 0 saturated heterocycles. The molecule has 0 aliphatic heterocycles. The Morgan fingerprint density at radius 1 is 0.654 bits per heavy atom. The molecule has 0 aromatic heterocycles. The normalized spacial score (nSPS) is 10.8. The number of methoxy groups -OCH3 is 1. The Kier molecular flexibility index (Phi) is 6.00. The Morgan fingerprint density at radius 2 is 1.12 bits per heavy atom. The molecule has 0 aliphatic rings. The molecule has 134 valence electrons. The monoisotopic (exact) mass is 380 g/mol. The van der Waals surface area contributed by atoms with Crippen LogP contribution in [0.1, 0.15) is 22.3 Å². The molecule has 3 heteroatoms. The fourth-order valence-electron chi connectivity index (χ4n) is 2.80. The number of hydrogen-bond donors (Lipinski definition) is 0. The molecule has 0 spiro atoms. The van der Waals surface area contributed by atoms with Crippen molar-refractivity contribution in [1.82, 2.24) is 0 Å². The lowest BCUT2D eigenvalue weighted by Crippen LogP contribution is -1.95. The average molecular weight is 381 g/mol. The Hall–Kier alpha value is -1.84.